The maximum absolute atomic E-state index is 12.4. The van der Waals surface area contributed by atoms with Gasteiger partial charge in [-0.25, -0.2) is 9.78 Å². The van der Waals surface area contributed by atoms with Gasteiger partial charge in [-0.15, -0.1) is 22.7 Å². The molecule has 2 aromatic heterocycles. The molecule has 0 radical (unpaired) electrons. The Hall–Kier alpha value is -3.28. The molecule has 0 bridgehead atoms. The third-order valence-corrected chi connectivity index (χ3v) is 6.42. The van der Waals surface area contributed by atoms with Gasteiger partial charge in [0.25, 0.3) is 0 Å². The molecule has 0 fully saturated rings. The minimum absolute atomic E-state index is 0.131. The first kappa shape index (κ1) is 21.4. The van der Waals surface area contributed by atoms with Gasteiger partial charge in [0.15, 0.2) is 5.78 Å². The lowest BCUT2D eigenvalue weighted by Gasteiger charge is -2.05. The molecule has 0 aliphatic rings. The standard InChI is InChI=1S/C22H19N3O3S2/c1-4-28-22(27)18-13(2)19(14(3)26)30-21(18)24-11-16(10-23)20-25-17(12-29-20)15-8-6-5-7-9-15/h5-9,11-12,24H,4H2,1-3H3/b16-11-. The predicted octanol–water partition coefficient (Wildman–Crippen LogP) is 5.54. The Kier molecular flexibility index (Phi) is 6.77. The quantitative estimate of drug-likeness (QED) is 0.297. The number of Topliss-reactive ketones (excluding diaryl/α,β-unsaturated/α-hetero) is 1. The van der Waals surface area contributed by atoms with Crippen LogP contribution >= 0.6 is 22.7 Å². The lowest BCUT2D eigenvalue weighted by atomic mass is 10.1. The Balaban J connectivity index is 1.93. The van der Waals surface area contributed by atoms with Gasteiger partial charge in [-0.2, -0.15) is 5.26 Å². The Morgan fingerprint density at radius 3 is 2.67 bits per heavy atom. The normalized spacial score (nSPS) is 11.1. The van der Waals surface area contributed by atoms with Gasteiger partial charge < -0.3 is 10.1 Å². The molecule has 1 N–H and O–H groups in total. The van der Waals surface area contributed by atoms with E-state index in [0.717, 1.165) is 11.3 Å². The Morgan fingerprint density at radius 1 is 1.30 bits per heavy atom. The number of nitrogens with one attached hydrogen (secondary N) is 1. The van der Waals surface area contributed by atoms with E-state index < -0.39 is 5.97 Å². The number of esters is 1. The summed E-state index contributed by atoms with van der Waals surface area (Å²) in [5, 5.41) is 15.5. The fourth-order valence-corrected chi connectivity index (χ4v) is 4.67. The van der Waals surface area contributed by atoms with Crippen LogP contribution in [0.4, 0.5) is 5.00 Å². The number of hydrogen-bond acceptors (Lipinski definition) is 8. The molecular formula is C22H19N3O3S2. The molecule has 2 heterocycles. The minimum atomic E-state index is -0.506. The van der Waals surface area contributed by atoms with Crippen molar-refractivity contribution in [3.8, 4) is 17.3 Å². The van der Waals surface area contributed by atoms with Gasteiger partial charge in [-0.3, -0.25) is 4.79 Å². The molecule has 152 valence electrons. The zero-order valence-electron chi connectivity index (χ0n) is 16.7. The fraction of sp³-hybridized carbons (Fsp3) is 0.182. The number of hydrogen-bond donors (Lipinski definition) is 1. The van der Waals surface area contributed by atoms with E-state index in [1.165, 1.54) is 35.8 Å². The average Bonchev–Trinajstić information content (AvgIpc) is 3.34. The van der Waals surface area contributed by atoms with E-state index in [1.807, 2.05) is 35.7 Å². The molecule has 0 atom stereocenters. The molecule has 1 aromatic carbocycles. The van der Waals surface area contributed by atoms with Gasteiger partial charge in [-0.05, 0) is 26.3 Å². The van der Waals surface area contributed by atoms with E-state index in [4.69, 9.17) is 4.74 Å². The lowest BCUT2D eigenvalue weighted by Crippen LogP contribution is -2.08. The maximum atomic E-state index is 12.4. The highest BCUT2D eigenvalue weighted by Crippen LogP contribution is 2.35. The highest BCUT2D eigenvalue weighted by Gasteiger charge is 2.24. The third-order valence-electron chi connectivity index (χ3n) is 4.22. The highest BCUT2D eigenvalue weighted by atomic mass is 32.1. The summed E-state index contributed by atoms with van der Waals surface area (Å²) in [7, 11) is 0. The minimum Gasteiger partial charge on any atom is -0.462 e. The van der Waals surface area contributed by atoms with Gasteiger partial charge in [0.05, 0.1) is 22.7 Å². The summed E-state index contributed by atoms with van der Waals surface area (Å²) >= 11 is 2.53. The van der Waals surface area contributed by atoms with Crippen LogP contribution in [0.1, 0.15) is 44.4 Å². The van der Waals surface area contributed by atoms with Crippen molar-refractivity contribution in [2.75, 3.05) is 11.9 Å². The monoisotopic (exact) mass is 437 g/mol. The number of allylic oxidation sites excluding steroid dienone is 1. The molecule has 0 amide bonds. The first-order chi connectivity index (χ1) is 14.5. The van der Waals surface area contributed by atoms with Gasteiger partial charge in [0.2, 0.25) is 0 Å². The fourth-order valence-electron chi connectivity index (χ4n) is 2.82. The van der Waals surface area contributed by atoms with Crippen molar-refractivity contribution in [2.45, 2.75) is 20.8 Å². The number of thiazole rings is 1. The van der Waals surface area contributed by atoms with Gasteiger partial charge in [0.1, 0.15) is 21.7 Å². The van der Waals surface area contributed by atoms with Crippen LogP contribution < -0.4 is 5.32 Å². The summed E-state index contributed by atoms with van der Waals surface area (Å²) in [5.74, 6) is -0.637. The molecule has 0 saturated carbocycles. The van der Waals surface area contributed by atoms with Crippen LogP contribution in [-0.4, -0.2) is 23.3 Å². The number of carbonyl (C=O) groups excluding carboxylic acids is 2. The zero-order valence-corrected chi connectivity index (χ0v) is 18.3. The summed E-state index contributed by atoms with van der Waals surface area (Å²) < 4.78 is 5.13. The number of ketones is 1. The van der Waals surface area contributed by atoms with Crippen LogP contribution in [0, 0.1) is 18.3 Å². The summed E-state index contributed by atoms with van der Waals surface area (Å²) in [6.07, 6.45) is 1.51. The van der Waals surface area contributed by atoms with Crippen LogP contribution in [0.3, 0.4) is 0 Å². The SMILES string of the molecule is CCOC(=O)c1c(N/C=C(/C#N)c2nc(-c3ccccc3)cs2)sc(C(C)=O)c1C. The van der Waals surface area contributed by atoms with Crippen molar-refractivity contribution in [1.29, 1.82) is 5.26 Å². The van der Waals surface area contributed by atoms with E-state index in [1.54, 1.807) is 13.8 Å². The zero-order chi connectivity index (χ0) is 21.7. The molecular weight excluding hydrogens is 418 g/mol. The number of benzene rings is 1. The number of thiophene rings is 1. The summed E-state index contributed by atoms with van der Waals surface area (Å²) in [6, 6.07) is 11.8. The largest absolute Gasteiger partial charge is 0.462 e. The van der Waals surface area contributed by atoms with Crippen molar-refractivity contribution in [2.24, 2.45) is 0 Å². The summed E-state index contributed by atoms with van der Waals surface area (Å²) in [4.78, 5) is 29.4. The van der Waals surface area contributed by atoms with Gasteiger partial charge in [-0.1, -0.05) is 30.3 Å². The number of rotatable bonds is 7. The third kappa shape index (κ3) is 4.48. The summed E-state index contributed by atoms with van der Waals surface area (Å²) in [5.41, 5.74) is 2.96. The van der Waals surface area contributed by atoms with E-state index >= 15 is 0 Å². The van der Waals surface area contributed by atoms with Crippen LogP contribution in [0.5, 0.6) is 0 Å². The smallest absolute Gasteiger partial charge is 0.341 e. The Bertz CT molecular complexity index is 1150. The number of anilines is 1. The number of aromatic nitrogens is 1. The van der Waals surface area contributed by atoms with Crippen molar-refractivity contribution in [3.63, 3.8) is 0 Å². The van der Waals surface area contributed by atoms with E-state index in [2.05, 4.69) is 16.4 Å². The first-order valence-electron chi connectivity index (χ1n) is 9.15. The average molecular weight is 438 g/mol. The molecule has 0 saturated heterocycles. The molecule has 6 nitrogen and oxygen atoms in total. The second-order valence-corrected chi connectivity index (χ2v) is 8.13. The highest BCUT2D eigenvalue weighted by molar-refractivity contribution is 7.18. The second-order valence-electron chi connectivity index (χ2n) is 6.26. The van der Waals surface area contributed by atoms with Crippen LogP contribution in [0.15, 0.2) is 41.9 Å². The Morgan fingerprint density at radius 2 is 2.03 bits per heavy atom. The van der Waals surface area contributed by atoms with Crippen LogP contribution in [-0.2, 0) is 4.74 Å². The summed E-state index contributed by atoms with van der Waals surface area (Å²) in [6.45, 7) is 5.12. The number of nitriles is 1. The van der Waals surface area contributed by atoms with Gasteiger partial charge >= 0.3 is 5.97 Å². The molecule has 0 aliphatic carbocycles. The lowest BCUT2D eigenvalue weighted by molar-refractivity contribution is 0.0527. The van der Waals surface area contributed by atoms with Crippen molar-refractivity contribution >= 4 is 45.0 Å². The number of carbonyl (C=O) groups is 2. The van der Waals surface area contributed by atoms with Crippen molar-refractivity contribution in [3.05, 3.63) is 62.9 Å². The van der Waals surface area contributed by atoms with E-state index in [-0.39, 0.29) is 12.4 Å². The van der Waals surface area contributed by atoms with Crippen LogP contribution in [0.25, 0.3) is 16.8 Å². The second kappa shape index (κ2) is 9.48. The number of nitrogens with zero attached hydrogens (tertiary/aromatic N) is 2. The molecule has 0 unspecified atom stereocenters. The van der Waals surface area contributed by atoms with E-state index in [0.29, 0.717) is 31.6 Å². The molecule has 8 heteroatoms. The molecule has 0 aliphatic heterocycles. The molecule has 3 rings (SSSR count). The van der Waals surface area contributed by atoms with Gasteiger partial charge in [0, 0.05) is 17.1 Å². The number of ether oxygens (including phenoxy) is 1. The van der Waals surface area contributed by atoms with E-state index in [9.17, 15) is 14.9 Å². The van der Waals surface area contributed by atoms with Crippen molar-refractivity contribution < 1.29 is 14.3 Å². The molecule has 30 heavy (non-hydrogen) atoms. The van der Waals surface area contributed by atoms with Crippen molar-refractivity contribution in [1.82, 2.24) is 4.98 Å². The predicted molar refractivity (Wildman–Crippen MR) is 120 cm³/mol. The first-order valence-corrected chi connectivity index (χ1v) is 10.8. The Labute approximate surface area is 182 Å². The molecule has 0 spiro atoms. The van der Waals surface area contributed by atoms with Crippen LogP contribution in [0.2, 0.25) is 0 Å². The maximum Gasteiger partial charge on any atom is 0.341 e. The molecule has 3 aromatic rings. The topological polar surface area (TPSA) is 92.1 Å².